The SMILES string of the molecule is O=C(CNC(=O)c1ccccc1)NCc1[nH]c2ccccc2[nH+]1. The standard InChI is InChI=1S/C17H16N4O2/c22-16(11-19-17(23)12-6-2-1-3-7-12)18-10-15-20-13-8-4-5-9-14(13)21-15/h1-9H,10-11H2,(H,18,22)(H,19,23)(H,20,21)/p+1. The normalized spacial score (nSPS) is 10.4. The van der Waals surface area contributed by atoms with E-state index in [1.165, 1.54) is 0 Å². The highest BCUT2D eigenvalue weighted by atomic mass is 16.2. The van der Waals surface area contributed by atoms with E-state index in [9.17, 15) is 9.59 Å². The van der Waals surface area contributed by atoms with Crippen LogP contribution in [-0.2, 0) is 11.3 Å². The minimum absolute atomic E-state index is 0.0616. The van der Waals surface area contributed by atoms with E-state index in [0.29, 0.717) is 12.1 Å². The fourth-order valence-electron chi connectivity index (χ4n) is 2.25. The first kappa shape index (κ1) is 14.8. The van der Waals surface area contributed by atoms with Gasteiger partial charge in [0.05, 0.1) is 6.54 Å². The average Bonchev–Trinajstić information content (AvgIpc) is 3.01. The molecule has 2 amide bonds. The Morgan fingerprint density at radius 2 is 1.70 bits per heavy atom. The van der Waals surface area contributed by atoms with E-state index in [0.717, 1.165) is 16.9 Å². The largest absolute Gasteiger partial charge is 0.343 e. The van der Waals surface area contributed by atoms with Gasteiger partial charge in [-0.3, -0.25) is 9.59 Å². The summed E-state index contributed by atoms with van der Waals surface area (Å²) < 4.78 is 0. The van der Waals surface area contributed by atoms with Crippen molar-refractivity contribution in [3.05, 3.63) is 66.0 Å². The number of hydrogen-bond acceptors (Lipinski definition) is 2. The van der Waals surface area contributed by atoms with Crippen molar-refractivity contribution in [2.75, 3.05) is 6.54 Å². The van der Waals surface area contributed by atoms with Gasteiger partial charge < -0.3 is 10.6 Å². The lowest BCUT2D eigenvalue weighted by molar-refractivity contribution is -0.358. The predicted molar refractivity (Wildman–Crippen MR) is 85.5 cm³/mol. The van der Waals surface area contributed by atoms with Gasteiger partial charge in [-0.25, -0.2) is 9.97 Å². The van der Waals surface area contributed by atoms with E-state index in [4.69, 9.17) is 0 Å². The van der Waals surface area contributed by atoms with Gasteiger partial charge in [0, 0.05) is 5.56 Å². The lowest BCUT2D eigenvalue weighted by Crippen LogP contribution is -2.37. The molecule has 0 aliphatic rings. The highest BCUT2D eigenvalue weighted by molar-refractivity contribution is 5.96. The van der Waals surface area contributed by atoms with Gasteiger partial charge in [0.25, 0.3) is 11.7 Å². The summed E-state index contributed by atoms with van der Waals surface area (Å²) in [6.45, 7) is 0.280. The van der Waals surface area contributed by atoms with Crippen LogP contribution in [0.3, 0.4) is 0 Å². The summed E-state index contributed by atoms with van der Waals surface area (Å²) in [5.41, 5.74) is 2.49. The van der Waals surface area contributed by atoms with Gasteiger partial charge >= 0.3 is 0 Å². The number of carbonyl (C=O) groups is 2. The highest BCUT2D eigenvalue weighted by Crippen LogP contribution is 2.05. The van der Waals surface area contributed by atoms with Gasteiger partial charge in [-0.05, 0) is 24.3 Å². The van der Waals surface area contributed by atoms with E-state index in [1.807, 2.05) is 30.3 Å². The molecule has 0 saturated heterocycles. The van der Waals surface area contributed by atoms with Crippen molar-refractivity contribution < 1.29 is 14.6 Å². The second-order valence-electron chi connectivity index (χ2n) is 5.10. The summed E-state index contributed by atoms with van der Waals surface area (Å²) in [6, 6.07) is 16.6. The molecule has 0 atom stereocenters. The minimum atomic E-state index is -0.266. The summed E-state index contributed by atoms with van der Waals surface area (Å²) in [4.78, 5) is 30.0. The van der Waals surface area contributed by atoms with Crippen LogP contribution >= 0.6 is 0 Å². The lowest BCUT2D eigenvalue weighted by atomic mass is 10.2. The number of para-hydroxylation sites is 2. The lowest BCUT2D eigenvalue weighted by Gasteiger charge is -2.04. The molecule has 0 unspecified atom stereocenters. The molecule has 0 aliphatic heterocycles. The molecule has 0 fully saturated rings. The van der Waals surface area contributed by atoms with Gasteiger partial charge in [0.1, 0.15) is 6.54 Å². The number of imidazole rings is 1. The third-order valence-corrected chi connectivity index (χ3v) is 3.41. The highest BCUT2D eigenvalue weighted by Gasteiger charge is 2.11. The van der Waals surface area contributed by atoms with Gasteiger partial charge in [0.15, 0.2) is 11.0 Å². The van der Waals surface area contributed by atoms with Crippen LogP contribution in [0.25, 0.3) is 11.0 Å². The molecule has 1 heterocycles. The zero-order valence-electron chi connectivity index (χ0n) is 12.4. The smallest absolute Gasteiger partial charge is 0.272 e. The molecule has 2 aromatic carbocycles. The van der Waals surface area contributed by atoms with E-state index >= 15 is 0 Å². The molecule has 4 N–H and O–H groups in total. The Kier molecular flexibility index (Phi) is 4.33. The Balaban J connectivity index is 1.49. The van der Waals surface area contributed by atoms with Gasteiger partial charge in [-0.1, -0.05) is 30.3 Å². The molecule has 116 valence electrons. The van der Waals surface area contributed by atoms with Crippen LogP contribution in [0.5, 0.6) is 0 Å². The Labute approximate surface area is 132 Å². The molecule has 6 nitrogen and oxygen atoms in total. The molecule has 0 aliphatic carbocycles. The van der Waals surface area contributed by atoms with E-state index in [1.54, 1.807) is 24.3 Å². The third-order valence-electron chi connectivity index (χ3n) is 3.41. The first-order valence-corrected chi connectivity index (χ1v) is 7.31. The summed E-state index contributed by atoms with van der Waals surface area (Å²) >= 11 is 0. The van der Waals surface area contributed by atoms with Crippen LogP contribution in [0, 0.1) is 0 Å². The summed E-state index contributed by atoms with van der Waals surface area (Å²) in [6.07, 6.45) is 0. The third kappa shape index (κ3) is 3.74. The average molecular weight is 309 g/mol. The van der Waals surface area contributed by atoms with Crippen LogP contribution in [0.4, 0.5) is 0 Å². The molecule has 3 rings (SSSR count). The topological polar surface area (TPSA) is 88.1 Å². The van der Waals surface area contributed by atoms with Crippen LogP contribution in [0.1, 0.15) is 16.2 Å². The van der Waals surface area contributed by atoms with Gasteiger partial charge in [-0.15, -0.1) is 0 Å². The van der Waals surface area contributed by atoms with Crippen LogP contribution in [-0.4, -0.2) is 23.3 Å². The molecular weight excluding hydrogens is 292 g/mol. The predicted octanol–water partition coefficient (Wildman–Crippen LogP) is 1.03. The molecular formula is C17H17N4O2+. The van der Waals surface area contributed by atoms with E-state index in [-0.39, 0.29) is 18.4 Å². The molecule has 0 saturated carbocycles. The number of amides is 2. The first-order chi connectivity index (χ1) is 11.2. The second kappa shape index (κ2) is 6.74. The molecule has 23 heavy (non-hydrogen) atoms. The summed E-state index contributed by atoms with van der Waals surface area (Å²) in [7, 11) is 0. The van der Waals surface area contributed by atoms with Crippen molar-refractivity contribution in [2.24, 2.45) is 0 Å². The number of H-pyrrole nitrogens is 2. The Morgan fingerprint density at radius 3 is 2.48 bits per heavy atom. The van der Waals surface area contributed by atoms with Crippen molar-refractivity contribution in [1.82, 2.24) is 15.6 Å². The number of fused-ring (bicyclic) bond motifs is 1. The van der Waals surface area contributed by atoms with Crippen molar-refractivity contribution in [2.45, 2.75) is 6.54 Å². The van der Waals surface area contributed by atoms with E-state index in [2.05, 4.69) is 20.6 Å². The molecule has 0 spiro atoms. The molecule has 0 radical (unpaired) electrons. The Bertz CT molecular complexity index is 794. The van der Waals surface area contributed by atoms with Crippen molar-refractivity contribution in [3.63, 3.8) is 0 Å². The zero-order valence-corrected chi connectivity index (χ0v) is 12.4. The molecule has 3 aromatic rings. The van der Waals surface area contributed by atoms with Crippen molar-refractivity contribution in [3.8, 4) is 0 Å². The van der Waals surface area contributed by atoms with Crippen molar-refractivity contribution in [1.29, 1.82) is 0 Å². The number of aromatic nitrogens is 2. The summed E-state index contributed by atoms with van der Waals surface area (Å²) in [5, 5.41) is 5.34. The maximum atomic E-state index is 11.8. The number of nitrogens with one attached hydrogen (secondary N) is 4. The van der Waals surface area contributed by atoms with Crippen LogP contribution in [0.2, 0.25) is 0 Å². The second-order valence-corrected chi connectivity index (χ2v) is 5.10. The van der Waals surface area contributed by atoms with Gasteiger partial charge in [0.2, 0.25) is 5.91 Å². The molecule has 0 bridgehead atoms. The van der Waals surface area contributed by atoms with Gasteiger partial charge in [-0.2, -0.15) is 0 Å². The Hall–Kier alpha value is -3.15. The Morgan fingerprint density at radius 1 is 0.957 bits per heavy atom. The first-order valence-electron chi connectivity index (χ1n) is 7.31. The maximum absolute atomic E-state index is 11.8. The molecule has 6 heteroatoms. The fraction of sp³-hybridized carbons (Fsp3) is 0.118. The van der Waals surface area contributed by atoms with E-state index < -0.39 is 0 Å². The number of rotatable bonds is 5. The maximum Gasteiger partial charge on any atom is 0.272 e. The monoisotopic (exact) mass is 309 g/mol. The molecule has 1 aromatic heterocycles. The van der Waals surface area contributed by atoms with Crippen LogP contribution < -0.4 is 15.6 Å². The minimum Gasteiger partial charge on any atom is -0.343 e. The van der Waals surface area contributed by atoms with Crippen LogP contribution in [0.15, 0.2) is 54.6 Å². The number of aromatic amines is 2. The zero-order chi connectivity index (χ0) is 16.1. The van der Waals surface area contributed by atoms with Crippen molar-refractivity contribution >= 4 is 22.8 Å². The number of carbonyl (C=O) groups excluding carboxylic acids is 2. The number of hydrogen-bond donors (Lipinski definition) is 3. The quantitative estimate of drug-likeness (QED) is 0.657. The fourth-order valence-corrected chi connectivity index (χ4v) is 2.25. The summed E-state index contributed by atoms with van der Waals surface area (Å²) in [5.74, 6) is 0.285. The number of benzene rings is 2.